The summed E-state index contributed by atoms with van der Waals surface area (Å²) in [6, 6.07) is 0.946. The van der Waals surface area contributed by atoms with Crippen LogP contribution in [0.1, 0.15) is 23.4 Å². The summed E-state index contributed by atoms with van der Waals surface area (Å²) in [4.78, 5) is 14.5. The lowest BCUT2D eigenvalue weighted by Crippen LogP contribution is -2.11. The average molecular weight is 312 g/mol. The van der Waals surface area contributed by atoms with E-state index < -0.39 is 23.9 Å². The Morgan fingerprint density at radius 1 is 1.59 bits per heavy atom. The van der Waals surface area contributed by atoms with Crippen molar-refractivity contribution in [1.82, 2.24) is 4.98 Å². The molecule has 1 rings (SSSR count). The first kappa shape index (κ1) is 14.0. The van der Waals surface area contributed by atoms with Gasteiger partial charge in [0.1, 0.15) is 5.69 Å². The Bertz CT molecular complexity index is 426. The van der Waals surface area contributed by atoms with E-state index in [0.29, 0.717) is 5.56 Å². The van der Waals surface area contributed by atoms with Gasteiger partial charge in [-0.1, -0.05) is 15.9 Å². The van der Waals surface area contributed by atoms with Crippen LogP contribution >= 0.6 is 15.9 Å². The molecule has 17 heavy (non-hydrogen) atoms. The summed E-state index contributed by atoms with van der Waals surface area (Å²) < 4.78 is 42.5. The van der Waals surface area contributed by atoms with E-state index in [0.717, 1.165) is 6.07 Å². The van der Waals surface area contributed by atoms with Crippen molar-refractivity contribution in [3.8, 4) is 0 Å². The van der Waals surface area contributed by atoms with Crippen LogP contribution in [0.2, 0.25) is 0 Å². The fourth-order valence-electron chi connectivity index (χ4n) is 1.21. The van der Waals surface area contributed by atoms with Crippen molar-refractivity contribution in [1.29, 1.82) is 0 Å². The number of ether oxygens (including phenoxy) is 1. The average Bonchev–Trinajstić information content (AvgIpc) is 2.30. The van der Waals surface area contributed by atoms with Gasteiger partial charge in [0.05, 0.1) is 19.2 Å². The summed E-state index contributed by atoms with van der Waals surface area (Å²) in [6.45, 7) is 0. The van der Waals surface area contributed by atoms with Crippen molar-refractivity contribution in [2.24, 2.45) is 0 Å². The highest BCUT2D eigenvalue weighted by atomic mass is 79.9. The minimum atomic E-state index is -3.02. The van der Waals surface area contributed by atoms with Gasteiger partial charge in [-0.05, 0) is 11.6 Å². The Balaban J connectivity index is 3.16. The number of alkyl halides is 3. The molecule has 0 unspecified atom stereocenters. The van der Waals surface area contributed by atoms with Gasteiger partial charge in [0.15, 0.2) is 5.82 Å². The predicted molar refractivity (Wildman–Crippen MR) is 57.5 cm³/mol. The van der Waals surface area contributed by atoms with Crippen LogP contribution in [0.4, 0.5) is 13.2 Å². The highest BCUT2D eigenvalue weighted by Crippen LogP contribution is 2.23. The summed E-state index contributed by atoms with van der Waals surface area (Å²) in [5, 5.41) is 0.215. The van der Waals surface area contributed by atoms with Crippen molar-refractivity contribution < 1.29 is 22.7 Å². The molecule has 1 aromatic heterocycles. The number of methoxy groups -OCH3 is 1. The number of hydrogen-bond acceptors (Lipinski definition) is 3. The number of rotatable bonds is 4. The van der Waals surface area contributed by atoms with E-state index in [9.17, 15) is 18.0 Å². The van der Waals surface area contributed by atoms with E-state index in [2.05, 4.69) is 25.7 Å². The number of hydrogen-bond donors (Lipinski definition) is 0. The maximum absolute atomic E-state index is 13.2. The summed E-state index contributed by atoms with van der Waals surface area (Å²) in [7, 11) is 1.17. The highest BCUT2D eigenvalue weighted by molar-refractivity contribution is 9.08. The number of carbonyl (C=O) groups excluding carboxylic acids is 1. The van der Waals surface area contributed by atoms with Crippen molar-refractivity contribution in [2.45, 2.75) is 18.2 Å². The van der Waals surface area contributed by atoms with E-state index in [4.69, 9.17) is 0 Å². The quantitative estimate of drug-likeness (QED) is 0.634. The zero-order valence-corrected chi connectivity index (χ0v) is 10.4. The van der Waals surface area contributed by atoms with Crippen LogP contribution in [0.15, 0.2) is 6.07 Å². The molecule has 0 aliphatic carbocycles. The Morgan fingerprint density at radius 2 is 2.24 bits per heavy atom. The van der Waals surface area contributed by atoms with Crippen LogP contribution in [-0.4, -0.2) is 18.1 Å². The largest absolute Gasteiger partial charge is 0.469 e. The van der Waals surface area contributed by atoms with Gasteiger partial charge in [0.2, 0.25) is 0 Å². The van der Waals surface area contributed by atoms with Crippen molar-refractivity contribution in [2.75, 3.05) is 7.11 Å². The van der Waals surface area contributed by atoms with Crippen molar-refractivity contribution in [3.05, 3.63) is 28.8 Å². The Morgan fingerprint density at radius 3 is 2.71 bits per heavy atom. The third-order valence-electron chi connectivity index (χ3n) is 2.06. The third kappa shape index (κ3) is 3.42. The molecule has 0 saturated carbocycles. The smallest absolute Gasteiger partial charge is 0.311 e. The van der Waals surface area contributed by atoms with Gasteiger partial charge in [-0.25, -0.2) is 18.2 Å². The monoisotopic (exact) mass is 311 g/mol. The molecule has 0 N–H and O–H groups in total. The fraction of sp³-hybridized carbons (Fsp3) is 0.400. The van der Waals surface area contributed by atoms with Gasteiger partial charge in [0, 0.05) is 5.33 Å². The van der Waals surface area contributed by atoms with Crippen LogP contribution < -0.4 is 0 Å². The lowest BCUT2D eigenvalue weighted by atomic mass is 10.1. The van der Waals surface area contributed by atoms with Gasteiger partial charge < -0.3 is 4.74 Å². The third-order valence-corrected chi connectivity index (χ3v) is 2.67. The number of pyridine rings is 1. The molecular weight excluding hydrogens is 303 g/mol. The molecule has 0 aliphatic rings. The minimum Gasteiger partial charge on any atom is -0.469 e. The van der Waals surface area contributed by atoms with E-state index >= 15 is 0 Å². The Hall–Kier alpha value is -1.11. The molecule has 0 bridgehead atoms. The SMILES string of the molecule is COC(=O)Cc1nc(C(F)F)c(F)cc1CBr. The standard InChI is InChI=1S/C10H9BrF3NO2/c1-17-8(16)3-7-5(4-11)2-6(12)9(15-7)10(13)14/h2,10H,3-4H2,1H3. The van der Waals surface area contributed by atoms with Crippen LogP contribution in [0.3, 0.4) is 0 Å². The van der Waals surface area contributed by atoms with E-state index in [1.165, 1.54) is 7.11 Å². The topological polar surface area (TPSA) is 39.2 Å². The Labute approximate surface area is 104 Å². The highest BCUT2D eigenvalue weighted by Gasteiger charge is 2.20. The first-order valence-electron chi connectivity index (χ1n) is 4.58. The predicted octanol–water partition coefficient (Wildman–Crippen LogP) is 2.77. The van der Waals surface area contributed by atoms with E-state index in [1.807, 2.05) is 0 Å². The zero-order chi connectivity index (χ0) is 13.0. The van der Waals surface area contributed by atoms with Gasteiger partial charge in [0.25, 0.3) is 6.43 Å². The number of nitrogens with zero attached hydrogens (tertiary/aromatic N) is 1. The van der Waals surface area contributed by atoms with Gasteiger partial charge in [-0.3, -0.25) is 4.79 Å². The second-order valence-electron chi connectivity index (χ2n) is 3.15. The summed E-state index contributed by atoms with van der Waals surface area (Å²) >= 11 is 3.07. The van der Waals surface area contributed by atoms with E-state index in [1.54, 1.807) is 0 Å². The number of carbonyl (C=O) groups is 1. The molecule has 1 heterocycles. The number of esters is 1. The minimum absolute atomic E-state index is 0.0884. The molecule has 0 amide bonds. The lowest BCUT2D eigenvalue weighted by molar-refractivity contribution is -0.139. The molecule has 0 spiro atoms. The van der Waals surface area contributed by atoms with Crippen LogP contribution in [-0.2, 0) is 21.3 Å². The number of aromatic nitrogens is 1. The first-order valence-corrected chi connectivity index (χ1v) is 5.70. The molecule has 1 aromatic rings. The lowest BCUT2D eigenvalue weighted by Gasteiger charge is -2.09. The molecule has 0 saturated heterocycles. The summed E-state index contributed by atoms with van der Waals surface area (Å²) in [5.41, 5.74) is -0.517. The second-order valence-corrected chi connectivity index (χ2v) is 3.71. The molecule has 0 aromatic carbocycles. The Kier molecular flexibility index (Phi) is 4.92. The molecule has 0 atom stereocenters. The second kappa shape index (κ2) is 6.00. The zero-order valence-electron chi connectivity index (χ0n) is 8.84. The molecule has 0 aliphatic heterocycles. The van der Waals surface area contributed by atoms with Crippen LogP contribution in [0.5, 0.6) is 0 Å². The number of halogens is 4. The van der Waals surface area contributed by atoms with Crippen molar-refractivity contribution in [3.63, 3.8) is 0 Å². The molecule has 7 heteroatoms. The molecule has 0 fully saturated rings. The summed E-state index contributed by atoms with van der Waals surface area (Å²) in [6.07, 6.45) is -3.28. The van der Waals surface area contributed by atoms with Crippen molar-refractivity contribution >= 4 is 21.9 Å². The van der Waals surface area contributed by atoms with Gasteiger partial charge in [-0.15, -0.1) is 0 Å². The van der Waals surface area contributed by atoms with Crippen LogP contribution in [0, 0.1) is 5.82 Å². The molecule has 0 radical (unpaired) electrons. The summed E-state index contributed by atoms with van der Waals surface area (Å²) in [5.74, 6) is -1.70. The van der Waals surface area contributed by atoms with Crippen LogP contribution in [0.25, 0.3) is 0 Å². The normalized spacial score (nSPS) is 10.7. The first-order chi connectivity index (χ1) is 7.99. The molecule has 94 valence electrons. The van der Waals surface area contributed by atoms with Gasteiger partial charge >= 0.3 is 5.97 Å². The molecular formula is C10H9BrF3NO2. The van der Waals surface area contributed by atoms with E-state index in [-0.39, 0.29) is 17.4 Å². The van der Waals surface area contributed by atoms with Gasteiger partial charge in [-0.2, -0.15) is 0 Å². The maximum atomic E-state index is 13.2. The maximum Gasteiger partial charge on any atom is 0.311 e. The molecule has 3 nitrogen and oxygen atoms in total. The fourth-order valence-corrected chi connectivity index (χ4v) is 1.70.